The van der Waals surface area contributed by atoms with Crippen molar-refractivity contribution >= 4 is 6.08 Å². The zero-order chi connectivity index (χ0) is 15.4. The SMILES string of the molecule is OCCCCCC1C[C@H]2C[C@@H](O)[C@H](/C=C/c3ccco3)[C@H]2C1. The zero-order valence-corrected chi connectivity index (χ0v) is 13.2. The molecule has 0 aromatic carbocycles. The van der Waals surface area contributed by atoms with Gasteiger partial charge >= 0.3 is 0 Å². The Morgan fingerprint density at radius 1 is 1.18 bits per heavy atom. The van der Waals surface area contributed by atoms with Crippen LogP contribution in [-0.4, -0.2) is 22.9 Å². The number of rotatable bonds is 7. The fourth-order valence-electron chi connectivity index (χ4n) is 4.59. The Balaban J connectivity index is 1.53. The molecule has 0 aliphatic heterocycles. The van der Waals surface area contributed by atoms with E-state index in [1.807, 2.05) is 18.2 Å². The van der Waals surface area contributed by atoms with Crippen molar-refractivity contribution in [2.75, 3.05) is 6.61 Å². The lowest BCUT2D eigenvalue weighted by molar-refractivity contribution is 0.135. The molecule has 0 saturated heterocycles. The van der Waals surface area contributed by atoms with Crippen molar-refractivity contribution in [1.29, 1.82) is 0 Å². The van der Waals surface area contributed by atoms with Gasteiger partial charge in [0.15, 0.2) is 0 Å². The van der Waals surface area contributed by atoms with Gasteiger partial charge in [-0.25, -0.2) is 0 Å². The van der Waals surface area contributed by atoms with Crippen molar-refractivity contribution in [2.45, 2.75) is 51.0 Å². The standard InChI is InChI=1S/C19H28O3/c20-9-3-1-2-5-14-11-15-13-19(21)17(18(15)12-14)8-7-16-6-4-10-22-16/h4,6-8,10,14-15,17-21H,1-3,5,9,11-13H2/b8-7+/t14?,15-,17+,18-,19+/m0/s1. The Bertz CT molecular complexity index is 465. The first-order valence-electron chi connectivity index (χ1n) is 8.78. The van der Waals surface area contributed by atoms with Crippen LogP contribution >= 0.6 is 0 Å². The highest BCUT2D eigenvalue weighted by atomic mass is 16.3. The number of aliphatic hydroxyl groups excluding tert-OH is 2. The van der Waals surface area contributed by atoms with E-state index in [0.29, 0.717) is 18.4 Å². The van der Waals surface area contributed by atoms with E-state index in [1.165, 1.54) is 25.7 Å². The first kappa shape index (κ1) is 15.8. The molecule has 5 atom stereocenters. The molecule has 2 saturated carbocycles. The molecule has 1 unspecified atom stereocenters. The summed E-state index contributed by atoms with van der Waals surface area (Å²) in [4.78, 5) is 0. The summed E-state index contributed by atoms with van der Waals surface area (Å²) in [6.45, 7) is 0.321. The highest BCUT2D eigenvalue weighted by molar-refractivity contribution is 5.43. The van der Waals surface area contributed by atoms with Gasteiger partial charge in [-0.2, -0.15) is 0 Å². The molecule has 3 heteroatoms. The van der Waals surface area contributed by atoms with E-state index in [0.717, 1.165) is 30.9 Å². The van der Waals surface area contributed by atoms with Crippen LogP contribution in [0.3, 0.4) is 0 Å². The fraction of sp³-hybridized carbons (Fsp3) is 0.684. The van der Waals surface area contributed by atoms with Crippen LogP contribution in [0.2, 0.25) is 0 Å². The minimum absolute atomic E-state index is 0.184. The normalized spacial score (nSPS) is 34.5. The molecular formula is C19H28O3. The second-order valence-corrected chi connectivity index (χ2v) is 7.09. The van der Waals surface area contributed by atoms with E-state index >= 15 is 0 Å². The molecule has 2 fully saturated rings. The van der Waals surface area contributed by atoms with Crippen LogP contribution in [0.25, 0.3) is 6.08 Å². The summed E-state index contributed by atoms with van der Waals surface area (Å²) in [5.74, 6) is 3.32. The van der Waals surface area contributed by atoms with Crippen LogP contribution in [0, 0.1) is 23.7 Å². The predicted molar refractivity (Wildman–Crippen MR) is 87.1 cm³/mol. The van der Waals surface area contributed by atoms with E-state index in [9.17, 15) is 5.11 Å². The molecule has 1 aromatic heterocycles. The molecular weight excluding hydrogens is 276 g/mol. The predicted octanol–water partition coefficient (Wildman–Crippen LogP) is 3.87. The van der Waals surface area contributed by atoms with Crippen molar-refractivity contribution in [3.05, 3.63) is 30.2 Å². The van der Waals surface area contributed by atoms with Gasteiger partial charge in [0.1, 0.15) is 5.76 Å². The average Bonchev–Trinajstić information content (AvgIpc) is 3.19. The maximum Gasteiger partial charge on any atom is 0.126 e. The first-order chi connectivity index (χ1) is 10.8. The smallest absolute Gasteiger partial charge is 0.126 e. The molecule has 0 bridgehead atoms. The molecule has 0 amide bonds. The summed E-state index contributed by atoms with van der Waals surface area (Å²) in [6, 6.07) is 3.85. The maximum absolute atomic E-state index is 10.3. The van der Waals surface area contributed by atoms with Crippen molar-refractivity contribution in [3.63, 3.8) is 0 Å². The molecule has 2 N–H and O–H groups in total. The van der Waals surface area contributed by atoms with Crippen molar-refractivity contribution in [2.24, 2.45) is 23.7 Å². The number of fused-ring (bicyclic) bond motifs is 1. The lowest BCUT2D eigenvalue weighted by Gasteiger charge is -2.18. The maximum atomic E-state index is 10.3. The molecule has 3 rings (SSSR count). The van der Waals surface area contributed by atoms with Crippen LogP contribution in [0.5, 0.6) is 0 Å². The van der Waals surface area contributed by atoms with Crippen LogP contribution in [-0.2, 0) is 0 Å². The molecule has 0 spiro atoms. The molecule has 122 valence electrons. The number of aliphatic hydroxyl groups is 2. The molecule has 1 heterocycles. The van der Waals surface area contributed by atoms with Crippen molar-refractivity contribution < 1.29 is 14.6 Å². The average molecular weight is 304 g/mol. The van der Waals surface area contributed by atoms with Crippen molar-refractivity contribution in [3.8, 4) is 0 Å². The Hall–Kier alpha value is -1.06. The quantitative estimate of drug-likeness (QED) is 0.752. The van der Waals surface area contributed by atoms with Gasteiger partial charge in [0.25, 0.3) is 0 Å². The summed E-state index contributed by atoms with van der Waals surface area (Å²) < 4.78 is 5.35. The minimum atomic E-state index is -0.184. The summed E-state index contributed by atoms with van der Waals surface area (Å²) in [6.07, 6.45) is 13.8. The number of hydrogen-bond acceptors (Lipinski definition) is 3. The summed E-state index contributed by atoms with van der Waals surface area (Å²) in [5, 5.41) is 19.2. The van der Waals surface area contributed by atoms with E-state index in [-0.39, 0.29) is 12.0 Å². The minimum Gasteiger partial charge on any atom is -0.465 e. The van der Waals surface area contributed by atoms with Gasteiger partial charge in [0.2, 0.25) is 0 Å². The Morgan fingerprint density at radius 3 is 2.86 bits per heavy atom. The first-order valence-corrected chi connectivity index (χ1v) is 8.78. The summed E-state index contributed by atoms with van der Waals surface area (Å²) in [5.41, 5.74) is 0. The molecule has 22 heavy (non-hydrogen) atoms. The largest absolute Gasteiger partial charge is 0.465 e. The monoisotopic (exact) mass is 304 g/mol. The number of unbranched alkanes of at least 4 members (excludes halogenated alkanes) is 2. The second-order valence-electron chi connectivity index (χ2n) is 7.09. The van der Waals surface area contributed by atoms with Gasteiger partial charge in [0.05, 0.1) is 12.4 Å². The third-order valence-electron chi connectivity index (χ3n) is 5.63. The van der Waals surface area contributed by atoms with Crippen LogP contribution < -0.4 is 0 Å². The van der Waals surface area contributed by atoms with Gasteiger partial charge in [-0.3, -0.25) is 0 Å². The Kier molecular flexibility index (Phi) is 5.37. The van der Waals surface area contributed by atoms with Gasteiger partial charge in [-0.15, -0.1) is 0 Å². The van der Waals surface area contributed by atoms with Crippen LogP contribution in [0.15, 0.2) is 28.9 Å². The molecule has 1 aromatic rings. The van der Waals surface area contributed by atoms with Gasteiger partial charge in [-0.1, -0.05) is 25.3 Å². The van der Waals surface area contributed by atoms with Crippen molar-refractivity contribution in [1.82, 2.24) is 0 Å². The lowest BCUT2D eigenvalue weighted by Crippen LogP contribution is -2.17. The highest BCUT2D eigenvalue weighted by Gasteiger charge is 2.46. The molecule has 2 aliphatic rings. The van der Waals surface area contributed by atoms with E-state index < -0.39 is 0 Å². The van der Waals surface area contributed by atoms with Crippen LogP contribution in [0.4, 0.5) is 0 Å². The Morgan fingerprint density at radius 2 is 2.09 bits per heavy atom. The highest BCUT2D eigenvalue weighted by Crippen LogP contribution is 2.51. The van der Waals surface area contributed by atoms with E-state index in [1.54, 1.807) is 6.26 Å². The topological polar surface area (TPSA) is 53.6 Å². The zero-order valence-electron chi connectivity index (χ0n) is 13.2. The second kappa shape index (κ2) is 7.47. The van der Waals surface area contributed by atoms with Gasteiger partial charge < -0.3 is 14.6 Å². The third kappa shape index (κ3) is 3.64. The number of hydrogen-bond donors (Lipinski definition) is 2. The van der Waals surface area contributed by atoms with E-state index in [4.69, 9.17) is 9.52 Å². The molecule has 0 radical (unpaired) electrons. The third-order valence-corrected chi connectivity index (χ3v) is 5.63. The van der Waals surface area contributed by atoms with Gasteiger partial charge in [-0.05, 0) is 61.6 Å². The molecule has 2 aliphatic carbocycles. The summed E-state index contributed by atoms with van der Waals surface area (Å²) >= 11 is 0. The summed E-state index contributed by atoms with van der Waals surface area (Å²) in [7, 11) is 0. The van der Waals surface area contributed by atoms with Crippen LogP contribution in [0.1, 0.15) is 50.7 Å². The van der Waals surface area contributed by atoms with E-state index in [2.05, 4.69) is 6.08 Å². The Labute approximate surface area is 133 Å². The molecule has 3 nitrogen and oxygen atoms in total. The lowest BCUT2D eigenvalue weighted by atomic mass is 9.89. The number of furan rings is 1. The fourth-order valence-corrected chi connectivity index (χ4v) is 4.59. The van der Waals surface area contributed by atoms with Gasteiger partial charge in [0, 0.05) is 12.5 Å².